The Kier molecular flexibility index (Phi) is 7.37. The predicted molar refractivity (Wildman–Crippen MR) is 125 cm³/mol. The van der Waals surface area contributed by atoms with Crippen molar-refractivity contribution in [1.82, 2.24) is 25.3 Å². The molecule has 162 valence electrons. The van der Waals surface area contributed by atoms with E-state index < -0.39 is 0 Å². The molecule has 0 spiro atoms. The number of rotatable bonds is 10. The summed E-state index contributed by atoms with van der Waals surface area (Å²) in [6, 6.07) is 22.3. The van der Waals surface area contributed by atoms with E-state index in [1.807, 2.05) is 53.3 Å². The van der Waals surface area contributed by atoms with Crippen LogP contribution in [0.25, 0.3) is 16.8 Å². The largest absolute Gasteiger partial charge is 0.356 e. The van der Waals surface area contributed by atoms with Crippen molar-refractivity contribution in [2.75, 3.05) is 6.54 Å². The van der Waals surface area contributed by atoms with E-state index in [4.69, 9.17) is 0 Å². The fourth-order valence-electron chi connectivity index (χ4n) is 3.65. The quantitative estimate of drug-likeness (QED) is 0.382. The van der Waals surface area contributed by atoms with Gasteiger partial charge in [-0.05, 0) is 42.5 Å². The van der Waals surface area contributed by atoms with Crippen LogP contribution in [0.4, 0.5) is 0 Å². The maximum atomic E-state index is 12.0. The number of hydrogen-bond donors (Lipinski definition) is 1. The number of carbonyl (C=O) groups excluding carboxylic acids is 1. The van der Waals surface area contributed by atoms with Gasteiger partial charge in [0.15, 0.2) is 0 Å². The van der Waals surface area contributed by atoms with E-state index >= 15 is 0 Å². The Morgan fingerprint density at radius 3 is 2.59 bits per heavy atom. The Hall–Kier alpha value is -3.80. The molecular weight excluding hydrogens is 398 g/mol. The van der Waals surface area contributed by atoms with Crippen molar-refractivity contribution in [2.24, 2.45) is 0 Å². The van der Waals surface area contributed by atoms with Crippen LogP contribution in [0.15, 0.2) is 85.3 Å². The monoisotopic (exact) mass is 425 g/mol. The number of hydrogen-bond acceptors (Lipinski definition) is 4. The number of aromatic nitrogens is 4. The van der Waals surface area contributed by atoms with Crippen molar-refractivity contribution in [1.29, 1.82) is 0 Å². The molecule has 0 aliphatic rings. The maximum absolute atomic E-state index is 12.0. The first-order valence-electron chi connectivity index (χ1n) is 11.0. The first-order valence-corrected chi connectivity index (χ1v) is 11.0. The second-order valence-corrected chi connectivity index (χ2v) is 7.74. The second kappa shape index (κ2) is 11.0. The number of nitrogens with one attached hydrogen (secondary N) is 1. The molecule has 4 rings (SSSR count). The molecule has 0 saturated heterocycles. The molecule has 0 saturated carbocycles. The van der Waals surface area contributed by atoms with Gasteiger partial charge in [-0.1, -0.05) is 66.2 Å². The van der Waals surface area contributed by atoms with Crippen molar-refractivity contribution in [2.45, 2.75) is 32.1 Å². The Morgan fingerprint density at radius 1 is 0.906 bits per heavy atom. The molecule has 2 aromatic heterocycles. The fourth-order valence-corrected chi connectivity index (χ4v) is 3.65. The van der Waals surface area contributed by atoms with Crippen LogP contribution >= 0.6 is 0 Å². The Balaban J connectivity index is 1.22. The van der Waals surface area contributed by atoms with Gasteiger partial charge in [0.2, 0.25) is 5.91 Å². The minimum Gasteiger partial charge on any atom is -0.356 e. The Labute approximate surface area is 188 Å². The van der Waals surface area contributed by atoms with E-state index in [2.05, 4.69) is 44.9 Å². The van der Waals surface area contributed by atoms with Crippen molar-refractivity contribution in [3.63, 3.8) is 0 Å². The lowest BCUT2D eigenvalue weighted by Crippen LogP contribution is -2.26. The van der Waals surface area contributed by atoms with E-state index in [1.165, 1.54) is 0 Å². The third kappa shape index (κ3) is 5.88. The van der Waals surface area contributed by atoms with Crippen molar-refractivity contribution in [3.8, 4) is 16.8 Å². The molecule has 0 atom stereocenters. The van der Waals surface area contributed by atoms with Crippen LogP contribution in [0.5, 0.6) is 0 Å². The van der Waals surface area contributed by atoms with Gasteiger partial charge < -0.3 is 5.32 Å². The third-order valence-electron chi connectivity index (χ3n) is 5.30. The first kappa shape index (κ1) is 21.4. The summed E-state index contributed by atoms with van der Waals surface area (Å²) < 4.78 is 1.86. The molecular formula is C26H27N5O. The molecule has 0 unspecified atom stereocenters. The molecule has 1 N–H and O–H groups in total. The molecule has 2 aromatic carbocycles. The van der Waals surface area contributed by atoms with Gasteiger partial charge in [-0.2, -0.15) is 0 Å². The highest BCUT2D eigenvalue weighted by Crippen LogP contribution is 2.26. The topological polar surface area (TPSA) is 72.7 Å². The van der Waals surface area contributed by atoms with Gasteiger partial charge >= 0.3 is 0 Å². The van der Waals surface area contributed by atoms with Crippen molar-refractivity contribution in [3.05, 3.63) is 96.6 Å². The average molecular weight is 426 g/mol. The summed E-state index contributed by atoms with van der Waals surface area (Å²) in [6.45, 7) is 0.691. The van der Waals surface area contributed by atoms with Crippen LogP contribution in [-0.2, 0) is 17.6 Å². The highest BCUT2D eigenvalue weighted by atomic mass is 16.1. The zero-order chi connectivity index (χ0) is 22.0. The summed E-state index contributed by atoms with van der Waals surface area (Å²) >= 11 is 0. The van der Waals surface area contributed by atoms with Gasteiger partial charge in [0.1, 0.15) is 0 Å². The maximum Gasteiger partial charge on any atom is 0.224 e. The molecule has 0 fully saturated rings. The molecule has 0 aliphatic carbocycles. The van der Waals surface area contributed by atoms with Gasteiger partial charge in [-0.25, -0.2) is 4.68 Å². The number of benzene rings is 2. The van der Waals surface area contributed by atoms with E-state index in [0.717, 1.165) is 53.8 Å². The molecule has 0 radical (unpaired) electrons. The van der Waals surface area contributed by atoms with Crippen LogP contribution in [0.2, 0.25) is 0 Å². The van der Waals surface area contributed by atoms with Crippen LogP contribution in [0.3, 0.4) is 0 Å². The van der Waals surface area contributed by atoms with Gasteiger partial charge in [-0.15, -0.1) is 5.10 Å². The fraction of sp³-hybridized carbons (Fsp3) is 0.231. The number of pyridine rings is 1. The average Bonchev–Trinajstić information content (AvgIpc) is 3.31. The third-order valence-corrected chi connectivity index (χ3v) is 5.30. The number of nitrogens with zero attached hydrogens (tertiary/aromatic N) is 4. The predicted octanol–water partition coefficient (Wildman–Crippen LogP) is 4.40. The minimum atomic E-state index is 0.0398. The van der Waals surface area contributed by atoms with Gasteiger partial charge in [0, 0.05) is 24.5 Å². The van der Waals surface area contributed by atoms with Crippen LogP contribution in [-0.4, -0.2) is 32.4 Å². The molecule has 6 heteroatoms. The summed E-state index contributed by atoms with van der Waals surface area (Å²) in [5.74, 6) is 0.0398. The molecule has 0 bridgehead atoms. The number of unbranched alkanes of at least 4 members (excludes halogenated alkanes) is 2. The lowest BCUT2D eigenvalue weighted by atomic mass is 10.0. The zero-order valence-electron chi connectivity index (χ0n) is 18.0. The zero-order valence-corrected chi connectivity index (χ0v) is 18.0. The number of aryl methyl sites for hydroxylation is 1. The lowest BCUT2D eigenvalue weighted by Gasteiger charge is -2.08. The van der Waals surface area contributed by atoms with E-state index in [-0.39, 0.29) is 5.91 Å². The summed E-state index contributed by atoms with van der Waals surface area (Å²) in [5, 5.41) is 11.7. The number of para-hydroxylation sites is 1. The lowest BCUT2D eigenvalue weighted by molar-refractivity contribution is -0.120. The molecule has 6 nitrogen and oxygen atoms in total. The van der Waals surface area contributed by atoms with Crippen LogP contribution in [0.1, 0.15) is 30.5 Å². The molecule has 0 aliphatic heterocycles. The van der Waals surface area contributed by atoms with Gasteiger partial charge in [0.25, 0.3) is 0 Å². The Morgan fingerprint density at radius 2 is 1.75 bits per heavy atom. The van der Waals surface area contributed by atoms with E-state index in [1.54, 1.807) is 12.4 Å². The van der Waals surface area contributed by atoms with E-state index in [0.29, 0.717) is 13.0 Å². The second-order valence-electron chi connectivity index (χ2n) is 7.74. The summed E-state index contributed by atoms with van der Waals surface area (Å²) in [5.41, 5.74) is 5.22. The number of carbonyl (C=O) groups is 1. The number of amides is 1. The van der Waals surface area contributed by atoms with E-state index in [9.17, 15) is 4.79 Å². The van der Waals surface area contributed by atoms with Gasteiger partial charge in [-0.3, -0.25) is 9.78 Å². The molecule has 2 heterocycles. The summed E-state index contributed by atoms with van der Waals surface area (Å²) in [7, 11) is 0. The van der Waals surface area contributed by atoms with Gasteiger partial charge in [0.05, 0.1) is 24.0 Å². The minimum absolute atomic E-state index is 0.0398. The smallest absolute Gasteiger partial charge is 0.224 e. The summed E-state index contributed by atoms with van der Waals surface area (Å²) in [4.78, 5) is 16.0. The van der Waals surface area contributed by atoms with Crippen molar-refractivity contribution >= 4 is 5.91 Å². The van der Waals surface area contributed by atoms with Crippen LogP contribution in [0, 0.1) is 0 Å². The SMILES string of the molecule is O=C(Cc1cccnc1)NCCCCCc1cn(-c2ccccc2-c2ccccc2)nn1. The molecule has 4 aromatic rings. The molecule has 32 heavy (non-hydrogen) atoms. The first-order chi connectivity index (χ1) is 15.8. The highest BCUT2D eigenvalue weighted by molar-refractivity contribution is 5.78. The molecule has 1 amide bonds. The van der Waals surface area contributed by atoms with Crippen LogP contribution < -0.4 is 5.32 Å². The normalized spacial score (nSPS) is 10.8. The standard InChI is InChI=1S/C26H27N5O/c32-26(18-21-10-9-16-27-19-21)28-17-8-2-5-13-23-20-31(30-29-23)25-15-7-6-14-24(25)22-11-3-1-4-12-22/h1,3-4,6-7,9-12,14-16,19-20H,2,5,8,13,17-18H2,(H,28,32). The Bertz CT molecular complexity index is 1130. The summed E-state index contributed by atoms with van der Waals surface area (Å²) in [6.07, 6.45) is 9.69. The van der Waals surface area contributed by atoms with Crippen molar-refractivity contribution < 1.29 is 4.79 Å². The highest BCUT2D eigenvalue weighted by Gasteiger charge is 2.09.